The van der Waals surface area contributed by atoms with Crippen LogP contribution in [0.15, 0.2) is 24.3 Å². The van der Waals surface area contributed by atoms with Gasteiger partial charge < -0.3 is 34.6 Å². The summed E-state index contributed by atoms with van der Waals surface area (Å²) in [6.07, 6.45) is 5.24. The number of carbonyl (C=O) groups excluding carboxylic acids is 2. The van der Waals surface area contributed by atoms with Gasteiger partial charge in [-0.15, -0.1) is 0 Å². The first-order chi connectivity index (χ1) is 17.3. The smallest absolute Gasteiger partial charge is 0.338 e. The molecule has 1 aromatic rings. The predicted molar refractivity (Wildman–Crippen MR) is 134 cm³/mol. The van der Waals surface area contributed by atoms with Gasteiger partial charge in [-0.25, -0.2) is 9.59 Å². The summed E-state index contributed by atoms with van der Waals surface area (Å²) < 4.78 is 15.5. The van der Waals surface area contributed by atoms with Crippen LogP contribution in [0.4, 0.5) is 0 Å². The van der Waals surface area contributed by atoms with Gasteiger partial charge in [0.1, 0.15) is 6.61 Å². The Balaban J connectivity index is 2.23. The van der Waals surface area contributed by atoms with E-state index in [0.717, 1.165) is 19.3 Å². The number of carbonyl (C=O) groups is 2. The highest BCUT2D eigenvalue weighted by Gasteiger charge is 2.25. The number of esters is 2. The maximum Gasteiger partial charge on any atom is 0.338 e. The van der Waals surface area contributed by atoms with Crippen LogP contribution in [0, 0.1) is 5.92 Å². The lowest BCUT2D eigenvalue weighted by atomic mass is 9.98. The Kier molecular flexibility index (Phi) is 17.0. The molecule has 0 saturated carbocycles. The van der Waals surface area contributed by atoms with Crippen LogP contribution in [0.2, 0.25) is 0 Å². The summed E-state index contributed by atoms with van der Waals surface area (Å²) in [5, 5.41) is 38.4. The van der Waals surface area contributed by atoms with Gasteiger partial charge in [0.25, 0.3) is 0 Å². The van der Waals surface area contributed by atoms with Gasteiger partial charge in [0, 0.05) is 18.9 Å². The fourth-order valence-corrected chi connectivity index (χ4v) is 3.53. The third-order valence-corrected chi connectivity index (χ3v) is 5.92. The molecule has 0 aromatic heterocycles. The average Bonchev–Trinajstić information content (AvgIpc) is 2.88. The van der Waals surface area contributed by atoms with Gasteiger partial charge >= 0.3 is 11.9 Å². The van der Waals surface area contributed by atoms with E-state index in [1.807, 2.05) is 0 Å². The van der Waals surface area contributed by atoms with Crippen molar-refractivity contribution >= 4 is 11.9 Å². The molecule has 0 amide bonds. The van der Waals surface area contributed by atoms with Crippen LogP contribution >= 0.6 is 0 Å². The number of ether oxygens (including phenoxy) is 3. The van der Waals surface area contributed by atoms with Crippen molar-refractivity contribution in [1.82, 2.24) is 0 Å². The zero-order valence-electron chi connectivity index (χ0n) is 21.6. The first-order valence-electron chi connectivity index (χ1n) is 13.0. The molecule has 0 bridgehead atoms. The minimum Gasteiger partial charge on any atom is -0.462 e. The lowest BCUT2D eigenvalue weighted by Gasteiger charge is -2.24. The highest BCUT2D eigenvalue weighted by atomic mass is 16.6. The number of rotatable bonds is 20. The Morgan fingerprint density at radius 3 is 1.81 bits per heavy atom. The predicted octanol–water partition coefficient (Wildman–Crippen LogP) is 3.22. The zero-order chi connectivity index (χ0) is 26.8. The molecule has 1 aromatic carbocycles. The second-order valence-corrected chi connectivity index (χ2v) is 9.10. The minimum atomic E-state index is -1.37. The quantitative estimate of drug-likeness (QED) is 0.118. The Bertz CT molecular complexity index is 722. The maximum absolute atomic E-state index is 12.2. The van der Waals surface area contributed by atoms with E-state index < -0.39 is 36.4 Å². The Morgan fingerprint density at radius 2 is 1.28 bits per heavy atom. The van der Waals surface area contributed by atoms with Crippen LogP contribution in [0.25, 0.3) is 0 Å². The highest BCUT2D eigenvalue weighted by Crippen LogP contribution is 2.13. The van der Waals surface area contributed by atoms with Gasteiger partial charge in [-0.1, -0.05) is 58.8 Å². The third-order valence-electron chi connectivity index (χ3n) is 5.92. The lowest BCUT2D eigenvalue weighted by Crippen LogP contribution is -2.37. The van der Waals surface area contributed by atoms with E-state index in [1.165, 1.54) is 56.4 Å². The molecule has 0 aliphatic rings. The van der Waals surface area contributed by atoms with Crippen LogP contribution < -0.4 is 0 Å². The van der Waals surface area contributed by atoms with Gasteiger partial charge in [-0.3, -0.25) is 0 Å². The Morgan fingerprint density at radius 1 is 0.778 bits per heavy atom. The van der Waals surface area contributed by atoms with Gasteiger partial charge in [-0.05, 0) is 30.7 Å². The van der Waals surface area contributed by atoms with E-state index in [1.54, 1.807) is 6.92 Å². The van der Waals surface area contributed by atoms with Crippen LogP contribution in [0.3, 0.4) is 0 Å². The number of aliphatic hydroxyl groups excluding tert-OH is 4. The van der Waals surface area contributed by atoms with Gasteiger partial charge in [0.15, 0.2) is 6.29 Å². The summed E-state index contributed by atoms with van der Waals surface area (Å²) in [6, 6.07) is 5.97. The van der Waals surface area contributed by atoms with Crippen molar-refractivity contribution in [2.45, 2.75) is 90.1 Å². The molecule has 4 atom stereocenters. The molecule has 1 rings (SSSR count). The normalized spacial score (nSPS) is 14.6. The molecule has 0 aliphatic carbocycles. The molecule has 9 nitrogen and oxygen atoms in total. The van der Waals surface area contributed by atoms with Crippen LogP contribution in [0.1, 0.15) is 92.4 Å². The van der Waals surface area contributed by atoms with Crippen LogP contribution in [-0.2, 0) is 14.2 Å². The standard InChI is InChI=1S/C27H44O9/c1-3-4-5-6-7-8-9-10-15-35-26(32)21-11-13-22(14-12-21)27(33)36-17-16-34-24(30)18-23(29)25(31)20(2)19-28/h11-14,20,23-25,28-31H,3-10,15-19H2,1-2H3/t20?,23?,24-,25-/m1/s1. The van der Waals surface area contributed by atoms with Crippen molar-refractivity contribution < 1.29 is 44.2 Å². The largest absolute Gasteiger partial charge is 0.462 e. The summed E-state index contributed by atoms with van der Waals surface area (Å²) in [6.45, 7) is 3.59. The highest BCUT2D eigenvalue weighted by molar-refractivity contribution is 5.93. The summed E-state index contributed by atoms with van der Waals surface area (Å²) in [4.78, 5) is 24.3. The fourth-order valence-electron chi connectivity index (χ4n) is 3.53. The van der Waals surface area contributed by atoms with E-state index in [2.05, 4.69) is 6.92 Å². The molecule has 0 saturated heterocycles. The van der Waals surface area contributed by atoms with Crippen LogP contribution in [-0.4, -0.2) is 77.3 Å². The molecule has 4 N–H and O–H groups in total. The van der Waals surface area contributed by atoms with Gasteiger partial charge in [0.05, 0.1) is 36.5 Å². The number of aliphatic hydroxyl groups is 4. The van der Waals surface area contributed by atoms with Crippen LogP contribution in [0.5, 0.6) is 0 Å². The van der Waals surface area contributed by atoms with Crippen molar-refractivity contribution in [2.24, 2.45) is 5.92 Å². The first-order valence-corrected chi connectivity index (χ1v) is 13.0. The average molecular weight is 513 g/mol. The molecular weight excluding hydrogens is 468 g/mol. The molecule has 0 spiro atoms. The summed E-state index contributed by atoms with van der Waals surface area (Å²) in [7, 11) is 0. The summed E-state index contributed by atoms with van der Waals surface area (Å²) >= 11 is 0. The minimum absolute atomic E-state index is 0.117. The second kappa shape index (κ2) is 19.1. The molecule has 0 aliphatic heterocycles. The molecule has 0 heterocycles. The monoisotopic (exact) mass is 512 g/mol. The molecule has 9 heteroatoms. The Hall–Kier alpha value is -2.04. The number of hydrogen-bond acceptors (Lipinski definition) is 9. The third kappa shape index (κ3) is 13.3. The maximum atomic E-state index is 12.2. The first kappa shape index (κ1) is 32.0. The molecule has 2 unspecified atom stereocenters. The van der Waals surface area contributed by atoms with E-state index in [4.69, 9.17) is 19.3 Å². The molecule has 0 radical (unpaired) electrons. The van der Waals surface area contributed by atoms with Gasteiger partial charge in [-0.2, -0.15) is 0 Å². The molecular formula is C27H44O9. The molecule has 0 fully saturated rings. The number of benzene rings is 1. The Labute approximate surface area is 214 Å². The van der Waals surface area contributed by atoms with E-state index in [-0.39, 0.29) is 31.8 Å². The zero-order valence-corrected chi connectivity index (χ0v) is 21.6. The molecule has 206 valence electrons. The van der Waals surface area contributed by atoms with Crippen molar-refractivity contribution in [1.29, 1.82) is 0 Å². The number of hydrogen-bond donors (Lipinski definition) is 4. The van der Waals surface area contributed by atoms with Crippen molar-refractivity contribution in [3.63, 3.8) is 0 Å². The van der Waals surface area contributed by atoms with Gasteiger partial charge in [0.2, 0.25) is 0 Å². The molecule has 36 heavy (non-hydrogen) atoms. The van der Waals surface area contributed by atoms with E-state index >= 15 is 0 Å². The second-order valence-electron chi connectivity index (χ2n) is 9.10. The summed E-state index contributed by atoms with van der Waals surface area (Å²) in [5.74, 6) is -1.59. The van der Waals surface area contributed by atoms with Crippen molar-refractivity contribution in [3.05, 3.63) is 35.4 Å². The van der Waals surface area contributed by atoms with Crippen molar-refractivity contribution in [2.75, 3.05) is 26.4 Å². The SMILES string of the molecule is CCCCCCCCCCOC(=O)c1ccc(C(=O)OCCO[C@@H](O)CC(O)[C@H](O)C(C)CO)cc1. The number of unbranched alkanes of at least 4 members (excludes halogenated alkanes) is 7. The topological polar surface area (TPSA) is 143 Å². The van der Waals surface area contributed by atoms with Crippen molar-refractivity contribution in [3.8, 4) is 0 Å². The van der Waals surface area contributed by atoms with E-state index in [9.17, 15) is 24.9 Å². The van der Waals surface area contributed by atoms with E-state index in [0.29, 0.717) is 12.2 Å². The lowest BCUT2D eigenvalue weighted by molar-refractivity contribution is -0.142. The fraction of sp³-hybridized carbons (Fsp3) is 0.704. The summed E-state index contributed by atoms with van der Waals surface area (Å²) in [5.41, 5.74) is 0.612.